The first-order valence-electron chi connectivity index (χ1n) is 7.90. The Balaban J connectivity index is 1.69. The highest BCUT2D eigenvalue weighted by atomic mass is 32.2. The van der Waals surface area contributed by atoms with E-state index in [-0.39, 0.29) is 10.9 Å². The molecule has 2 aliphatic rings. The minimum Gasteiger partial charge on any atom is -0.486 e. The monoisotopic (exact) mass is 350 g/mol. The zero-order valence-corrected chi connectivity index (χ0v) is 14.1. The van der Waals surface area contributed by atoms with Gasteiger partial charge in [0.1, 0.15) is 24.7 Å². The Hall–Kier alpha value is -2.06. The molecule has 1 saturated heterocycles. The summed E-state index contributed by atoms with van der Waals surface area (Å²) >= 11 is 0. The molecule has 0 bridgehead atoms. The van der Waals surface area contributed by atoms with Gasteiger partial charge in [-0.15, -0.1) is 0 Å². The molecule has 1 atom stereocenters. The molecule has 0 unspecified atom stereocenters. The third-order valence-corrected chi connectivity index (χ3v) is 6.22. The lowest BCUT2D eigenvalue weighted by molar-refractivity contribution is 0.171. The van der Waals surface area contributed by atoms with Gasteiger partial charge in [0.15, 0.2) is 11.5 Å². The van der Waals surface area contributed by atoms with Crippen LogP contribution in [0.15, 0.2) is 33.7 Å². The Morgan fingerprint density at radius 2 is 1.96 bits per heavy atom. The van der Waals surface area contributed by atoms with E-state index < -0.39 is 10.0 Å². The molecule has 1 fully saturated rings. The Morgan fingerprint density at radius 1 is 1.17 bits per heavy atom. The van der Waals surface area contributed by atoms with Crippen molar-refractivity contribution in [2.75, 3.05) is 19.8 Å². The van der Waals surface area contributed by atoms with Gasteiger partial charge in [0.2, 0.25) is 10.0 Å². The minimum absolute atomic E-state index is 0.207. The quantitative estimate of drug-likeness (QED) is 0.845. The van der Waals surface area contributed by atoms with Gasteiger partial charge >= 0.3 is 0 Å². The molecule has 2 aliphatic heterocycles. The summed E-state index contributed by atoms with van der Waals surface area (Å²) in [5.41, 5.74) is 0.658. The highest BCUT2D eigenvalue weighted by molar-refractivity contribution is 7.89. The second-order valence-corrected chi connectivity index (χ2v) is 7.83. The van der Waals surface area contributed by atoms with E-state index >= 15 is 0 Å². The fraction of sp³-hybridized carbons (Fsp3) is 0.438. The van der Waals surface area contributed by atoms with Crippen molar-refractivity contribution < 1.29 is 22.4 Å². The van der Waals surface area contributed by atoms with E-state index in [9.17, 15) is 8.42 Å². The molecule has 7 nitrogen and oxygen atoms in total. The van der Waals surface area contributed by atoms with Crippen LogP contribution in [0.4, 0.5) is 0 Å². The number of aromatic nitrogens is 1. The van der Waals surface area contributed by atoms with Gasteiger partial charge < -0.3 is 14.0 Å². The van der Waals surface area contributed by atoms with E-state index in [2.05, 4.69) is 5.16 Å². The molecule has 0 N–H and O–H groups in total. The Bertz CT molecular complexity index is 861. The van der Waals surface area contributed by atoms with Crippen LogP contribution in [0, 0.1) is 6.92 Å². The summed E-state index contributed by atoms with van der Waals surface area (Å²) in [5, 5.41) is 4.00. The lowest BCUT2D eigenvalue weighted by Gasteiger charge is -2.24. The van der Waals surface area contributed by atoms with Crippen LogP contribution in [0.5, 0.6) is 11.5 Å². The average Bonchev–Trinajstić information content (AvgIpc) is 3.23. The van der Waals surface area contributed by atoms with Crippen LogP contribution >= 0.6 is 0 Å². The number of hydrogen-bond acceptors (Lipinski definition) is 6. The number of rotatable bonds is 3. The van der Waals surface area contributed by atoms with Crippen LogP contribution in [0.3, 0.4) is 0 Å². The molecule has 0 saturated carbocycles. The van der Waals surface area contributed by atoms with Gasteiger partial charge in [-0.05, 0) is 31.9 Å². The van der Waals surface area contributed by atoms with Crippen LogP contribution in [-0.4, -0.2) is 37.6 Å². The zero-order valence-electron chi connectivity index (χ0n) is 13.3. The predicted molar refractivity (Wildman–Crippen MR) is 84.5 cm³/mol. The standard InChI is InChI=1S/C16H18N2O5S/c1-11-9-13(17-23-11)14-3-2-6-18(14)24(19,20)12-4-5-15-16(10-12)22-8-7-21-15/h4-5,9-10,14H,2-3,6-8H2,1H3/t14-/m0/s1. The van der Waals surface area contributed by atoms with Crippen LogP contribution in [0.2, 0.25) is 0 Å². The molecule has 128 valence electrons. The van der Waals surface area contributed by atoms with E-state index in [1.165, 1.54) is 10.4 Å². The van der Waals surface area contributed by atoms with Crippen molar-refractivity contribution in [1.82, 2.24) is 9.46 Å². The fourth-order valence-electron chi connectivity index (χ4n) is 3.19. The van der Waals surface area contributed by atoms with E-state index in [1.807, 2.05) is 0 Å². The average molecular weight is 350 g/mol. The smallest absolute Gasteiger partial charge is 0.243 e. The summed E-state index contributed by atoms with van der Waals surface area (Å²) in [6, 6.07) is 6.25. The lowest BCUT2D eigenvalue weighted by Crippen LogP contribution is -2.31. The van der Waals surface area contributed by atoms with Gasteiger partial charge in [-0.3, -0.25) is 0 Å². The maximum Gasteiger partial charge on any atom is 0.243 e. The van der Waals surface area contributed by atoms with Crippen molar-refractivity contribution in [2.45, 2.75) is 30.7 Å². The first-order valence-corrected chi connectivity index (χ1v) is 9.34. The van der Waals surface area contributed by atoms with E-state index in [1.54, 1.807) is 25.1 Å². The van der Waals surface area contributed by atoms with Gasteiger partial charge in [0, 0.05) is 18.7 Å². The Kier molecular flexibility index (Phi) is 3.73. The molecule has 8 heteroatoms. The molecule has 2 aromatic rings. The number of nitrogens with zero attached hydrogens (tertiary/aromatic N) is 2. The van der Waals surface area contributed by atoms with Crippen molar-refractivity contribution in [3.63, 3.8) is 0 Å². The van der Waals surface area contributed by atoms with Gasteiger partial charge in [-0.2, -0.15) is 4.31 Å². The molecular formula is C16H18N2O5S. The fourth-order valence-corrected chi connectivity index (χ4v) is 4.87. The molecule has 24 heavy (non-hydrogen) atoms. The van der Waals surface area contributed by atoms with Crippen molar-refractivity contribution in [3.8, 4) is 11.5 Å². The maximum atomic E-state index is 13.1. The third-order valence-electron chi connectivity index (χ3n) is 4.31. The van der Waals surface area contributed by atoms with Crippen molar-refractivity contribution in [1.29, 1.82) is 0 Å². The lowest BCUT2D eigenvalue weighted by atomic mass is 10.1. The molecule has 0 amide bonds. The zero-order chi connectivity index (χ0) is 16.7. The van der Waals surface area contributed by atoms with E-state index in [0.29, 0.717) is 42.7 Å². The first kappa shape index (κ1) is 15.5. The summed E-state index contributed by atoms with van der Waals surface area (Å²) < 4.78 is 43.7. The number of hydrogen-bond donors (Lipinski definition) is 0. The summed E-state index contributed by atoms with van der Waals surface area (Å²) in [7, 11) is -3.64. The molecule has 4 rings (SSSR count). The number of sulfonamides is 1. The highest BCUT2D eigenvalue weighted by Gasteiger charge is 2.38. The largest absolute Gasteiger partial charge is 0.486 e. The van der Waals surface area contributed by atoms with E-state index in [0.717, 1.165) is 12.8 Å². The number of ether oxygens (including phenoxy) is 2. The second kappa shape index (κ2) is 5.78. The van der Waals surface area contributed by atoms with Crippen LogP contribution in [0.1, 0.15) is 30.3 Å². The Labute approximate surface area is 140 Å². The molecule has 0 radical (unpaired) electrons. The highest BCUT2D eigenvalue weighted by Crippen LogP contribution is 2.38. The molecular weight excluding hydrogens is 332 g/mol. The van der Waals surface area contributed by atoms with Gasteiger partial charge in [-0.1, -0.05) is 5.16 Å². The van der Waals surface area contributed by atoms with Crippen molar-refractivity contribution >= 4 is 10.0 Å². The first-order chi connectivity index (χ1) is 11.6. The minimum atomic E-state index is -3.64. The topological polar surface area (TPSA) is 81.9 Å². The normalized spacial score (nSPS) is 21.1. The number of aryl methyl sites for hydroxylation is 1. The van der Waals surface area contributed by atoms with Gasteiger partial charge in [0.25, 0.3) is 0 Å². The van der Waals surface area contributed by atoms with Crippen molar-refractivity contribution in [3.05, 3.63) is 35.7 Å². The van der Waals surface area contributed by atoms with Crippen LogP contribution < -0.4 is 9.47 Å². The van der Waals surface area contributed by atoms with E-state index in [4.69, 9.17) is 14.0 Å². The molecule has 1 aromatic heterocycles. The SMILES string of the molecule is Cc1cc([C@@H]2CCCN2S(=O)(=O)c2ccc3c(c2)OCCO3)no1. The molecule has 3 heterocycles. The van der Waals surface area contributed by atoms with Gasteiger partial charge in [0.05, 0.1) is 10.9 Å². The van der Waals surface area contributed by atoms with Crippen LogP contribution in [-0.2, 0) is 10.0 Å². The van der Waals surface area contributed by atoms with Crippen LogP contribution in [0.25, 0.3) is 0 Å². The number of benzene rings is 1. The summed E-state index contributed by atoms with van der Waals surface area (Å²) in [6.07, 6.45) is 1.52. The summed E-state index contributed by atoms with van der Waals surface area (Å²) in [5.74, 6) is 1.72. The molecule has 1 aromatic carbocycles. The van der Waals surface area contributed by atoms with Gasteiger partial charge in [-0.25, -0.2) is 8.42 Å². The second-order valence-electron chi connectivity index (χ2n) is 5.94. The summed E-state index contributed by atoms with van der Waals surface area (Å²) in [4.78, 5) is 0.207. The summed E-state index contributed by atoms with van der Waals surface area (Å²) in [6.45, 7) is 3.15. The molecule has 0 spiro atoms. The third kappa shape index (κ3) is 2.55. The molecule has 0 aliphatic carbocycles. The van der Waals surface area contributed by atoms with Crippen molar-refractivity contribution in [2.24, 2.45) is 0 Å². The Morgan fingerprint density at radius 3 is 2.71 bits per heavy atom. The maximum absolute atomic E-state index is 13.1. The number of fused-ring (bicyclic) bond motifs is 1. The predicted octanol–water partition coefficient (Wildman–Crippen LogP) is 2.28.